The van der Waals surface area contributed by atoms with Crippen LogP contribution in [0.3, 0.4) is 0 Å². The highest BCUT2D eigenvalue weighted by molar-refractivity contribution is 6.31. The zero-order chi connectivity index (χ0) is 13.0. The number of halogens is 2. The molecule has 4 heteroatoms. The quantitative estimate of drug-likeness (QED) is 0.931. The van der Waals surface area contributed by atoms with Gasteiger partial charge in [-0.1, -0.05) is 35.3 Å². The van der Waals surface area contributed by atoms with Gasteiger partial charge in [0, 0.05) is 23.5 Å². The maximum Gasteiger partial charge on any atom is 0.0621 e. The maximum atomic E-state index is 6.13. The maximum absolute atomic E-state index is 6.13. The molecule has 0 aliphatic rings. The van der Waals surface area contributed by atoms with Gasteiger partial charge in [-0.3, -0.25) is 4.98 Å². The number of aromatic nitrogens is 1. The van der Waals surface area contributed by atoms with Crippen molar-refractivity contribution in [3.63, 3.8) is 0 Å². The van der Waals surface area contributed by atoms with E-state index >= 15 is 0 Å². The normalized spacial score (nSPS) is 12.4. The van der Waals surface area contributed by atoms with E-state index in [1.54, 1.807) is 12.4 Å². The van der Waals surface area contributed by atoms with Crippen LogP contribution in [-0.2, 0) is 12.8 Å². The Labute approximate surface area is 117 Å². The SMILES string of the molecule is NC(Cc1ccc(Cl)cc1)Cc1ccncc1Cl. The van der Waals surface area contributed by atoms with Gasteiger partial charge in [0.15, 0.2) is 0 Å². The molecule has 0 amide bonds. The minimum absolute atomic E-state index is 0.0334. The average Bonchev–Trinajstić information content (AvgIpc) is 2.35. The van der Waals surface area contributed by atoms with Crippen molar-refractivity contribution in [3.8, 4) is 0 Å². The standard InChI is InChI=1S/C14H14Cl2N2/c15-12-3-1-10(2-4-12)7-13(17)8-11-5-6-18-9-14(11)16/h1-6,9,13H,7-8,17H2. The third kappa shape index (κ3) is 3.70. The Balaban J connectivity index is 1.99. The Morgan fingerprint density at radius 1 is 1.06 bits per heavy atom. The zero-order valence-electron chi connectivity index (χ0n) is 9.81. The summed E-state index contributed by atoms with van der Waals surface area (Å²) in [4.78, 5) is 3.96. The molecule has 0 aliphatic carbocycles. The van der Waals surface area contributed by atoms with Gasteiger partial charge >= 0.3 is 0 Å². The minimum atomic E-state index is 0.0334. The molecular formula is C14H14Cl2N2. The lowest BCUT2D eigenvalue weighted by atomic mass is 10.0. The summed E-state index contributed by atoms with van der Waals surface area (Å²) in [5.41, 5.74) is 8.35. The first kappa shape index (κ1) is 13.3. The lowest BCUT2D eigenvalue weighted by molar-refractivity contribution is 0.664. The Kier molecular flexibility index (Phi) is 4.59. The van der Waals surface area contributed by atoms with E-state index in [9.17, 15) is 0 Å². The third-order valence-electron chi connectivity index (χ3n) is 2.75. The highest BCUT2D eigenvalue weighted by Crippen LogP contribution is 2.17. The van der Waals surface area contributed by atoms with E-state index in [0.717, 1.165) is 23.4 Å². The smallest absolute Gasteiger partial charge is 0.0621 e. The van der Waals surface area contributed by atoms with E-state index in [1.165, 1.54) is 5.56 Å². The van der Waals surface area contributed by atoms with Crippen molar-refractivity contribution in [1.82, 2.24) is 4.98 Å². The summed E-state index contributed by atoms with van der Waals surface area (Å²) in [5.74, 6) is 0. The summed E-state index contributed by atoms with van der Waals surface area (Å²) < 4.78 is 0. The van der Waals surface area contributed by atoms with Crippen LogP contribution in [0, 0.1) is 0 Å². The van der Waals surface area contributed by atoms with Crippen molar-refractivity contribution in [3.05, 3.63) is 63.9 Å². The molecule has 0 radical (unpaired) electrons. The van der Waals surface area contributed by atoms with E-state index in [2.05, 4.69) is 4.98 Å². The van der Waals surface area contributed by atoms with E-state index in [0.29, 0.717) is 5.02 Å². The lowest BCUT2D eigenvalue weighted by Crippen LogP contribution is -2.25. The van der Waals surface area contributed by atoms with Gasteiger partial charge in [0.05, 0.1) is 5.02 Å². The van der Waals surface area contributed by atoms with Gasteiger partial charge in [0.1, 0.15) is 0 Å². The minimum Gasteiger partial charge on any atom is -0.327 e. The fourth-order valence-electron chi connectivity index (χ4n) is 1.85. The largest absolute Gasteiger partial charge is 0.327 e. The van der Waals surface area contributed by atoms with Crippen molar-refractivity contribution in [2.75, 3.05) is 0 Å². The molecule has 2 rings (SSSR count). The van der Waals surface area contributed by atoms with Crippen LogP contribution in [0.4, 0.5) is 0 Å². The molecule has 1 heterocycles. The number of nitrogens with two attached hydrogens (primary N) is 1. The summed E-state index contributed by atoms with van der Waals surface area (Å²) >= 11 is 11.9. The molecular weight excluding hydrogens is 267 g/mol. The molecule has 0 saturated carbocycles. The van der Waals surface area contributed by atoms with E-state index < -0.39 is 0 Å². The molecule has 0 bridgehead atoms. The number of nitrogens with zero attached hydrogens (tertiary/aromatic N) is 1. The Morgan fingerprint density at radius 2 is 1.78 bits per heavy atom. The van der Waals surface area contributed by atoms with Gasteiger partial charge in [-0.25, -0.2) is 0 Å². The van der Waals surface area contributed by atoms with Crippen molar-refractivity contribution in [1.29, 1.82) is 0 Å². The first-order chi connectivity index (χ1) is 8.65. The molecule has 1 aromatic heterocycles. The van der Waals surface area contributed by atoms with Crippen molar-refractivity contribution in [2.45, 2.75) is 18.9 Å². The van der Waals surface area contributed by atoms with Crippen LogP contribution in [0.5, 0.6) is 0 Å². The zero-order valence-corrected chi connectivity index (χ0v) is 11.3. The molecule has 0 spiro atoms. The number of hydrogen-bond acceptors (Lipinski definition) is 2. The molecule has 0 saturated heterocycles. The third-order valence-corrected chi connectivity index (χ3v) is 3.34. The van der Waals surface area contributed by atoms with Gasteiger partial charge < -0.3 is 5.73 Å². The van der Waals surface area contributed by atoms with Crippen LogP contribution in [0.25, 0.3) is 0 Å². The molecule has 2 aromatic rings. The Hall–Kier alpha value is -1.09. The van der Waals surface area contributed by atoms with Crippen LogP contribution in [-0.4, -0.2) is 11.0 Å². The van der Waals surface area contributed by atoms with E-state index in [-0.39, 0.29) is 6.04 Å². The highest BCUT2D eigenvalue weighted by Gasteiger charge is 2.08. The van der Waals surface area contributed by atoms with Crippen LogP contribution >= 0.6 is 23.2 Å². The topological polar surface area (TPSA) is 38.9 Å². The van der Waals surface area contributed by atoms with Gasteiger partial charge in [0.2, 0.25) is 0 Å². The predicted octanol–water partition coefficient (Wildman–Crippen LogP) is 3.50. The monoisotopic (exact) mass is 280 g/mol. The fraction of sp³-hybridized carbons (Fsp3) is 0.214. The average molecular weight is 281 g/mol. The number of benzene rings is 1. The number of pyridine rings is 1. The van der Waals surface area contributed by atoms with Crippen LogP contribution in [0.15, 0.2) is 42.7 Å². The second-order valence-electron chi connectivity index (χ2n) is 4.26. The molecule has 2 N–H and O–H groups in total. The van der Waals surface area contributed by atoms with Gasteiger partial charge in [0.25, 0.3) is 0 Å². The molecule has 1 unspecified atom stereocenters. The van der Waals surface area contributed by atoms with Gasteiger partial charge in [-0.05, 0) is 42.2 Å². The molecule has 94 valence electrons. The molecule has 1 atom stereocenters. The predicted molar refractivity (Wildman–Crippen MR) is 76.1 cm³/mol. The molecule has 18 heavy (non-hydrogen) atoms. The Bertz CT molecular complexity index is 511. The van der Waals surface area contributed by atoms with E-state index in [1.807, 2.05) is 30.3 Å². The first-order valence-corrected chi connectivity index (χ1v) is 6.49. The first-order valence-electron chi connectivity index (χ1n) is 5.73. The summed E-state index contributed by atoms with van der Waals surface area (Å²) in [5, 5.41) is 1.41. The van der Waals surface area contributed by atoms with Crippen molar-refractivity contribution >= 4 is 23.2 Å². The van der Waals surface area contributed by atoms with Crippen LogP contribution in [0.2, 0.25) is 10.0 Å². The van der Waals surface area contributed by atoms with Gasteiger partial charge in [-0.2, -0.15) is 0 Å². The van der Waals surface area contributed by atoms with E-state index in [4.69, 9.17) is 28.9 Å². The fourth-order valence-corrected chi connectivity index (χ4v) is 2.17. The van der Waals surface area contributed by atoms with Crippen molar-refractivity contribution < 1.29 is 0 Å². The Morgan fingerprint density at radius 3 is 2.44 bits per heavy atom. The van der Waals surface area contributed by atoms with Gasteiger partial charge in [-0.15, -0.1) is 0 Å². The lowest BCUT2D eigenvalue weighted by Gasteiger charge is -2.12. The highest BCUT2D eigenvalue weighted by atomic mass is 35.5. The molecule has 0 aliphatic heterocycles. The number of hydrogen-bond donors (Lipinski definition) is 1. The second kappa shape index (κ2) is 6.19. The summed E-state index contributed by atoms with van der Waals surface area (Å²) in [6, 6.07) is 9.69. The number of rotatable bonds is 4. The summed E-state index contributed by atoms with van der Waals surface area (Å²) in [6.45, 7) is 0. The van der Waals surface area contributed by atoms with Crippen LogP contribution in [0.1, 0.15) is 11.1 Å². The summed E-state index contributed by atoms with van der Waals surface area (Å²) in [7, 11) is 0. The molecule has 1 aromatic carbocycles. The van der Waals surface area contributed by atoms with Crippen molar-refractivity contribution in [2.24, 2.45) is 5.73 Å². The summed E-state index contributed by atoms with van der Waals surface area (Å²) in [6.07, 6.45) is 4.92. The molecule has 2 nitrogen and oxygen atoms in total. The molecule has 0 fully saturated rings. The second-order valence-corrected chi connectivity index (χ2v) is 5.11. The van der Waals surface area contributed by atoms with Crippen LogP contribution < -0.4 is 5.73 Å².